The third kappa shape index (κ3) is 3.03. The Kier molecular flexibility index (Phi) is 4.01. The first kappa shape index (κ1) is 15.1. The summed E-state index contributed by atoms with van der Waals surface area (Å²) in [6.07, 6.45) is 1.83. The Labute approximate surface area is 133 Å². The molecule has 0 bridgehead atoms. The Morgan fingerprint density at radius 1 is 1.30 bits per heavy atom. The van der Waals surface area contributed by atoms with Crippen LogP contribution in [0, 0.1) is 6.92 Å². The number of nitrogens with one attached hydrogen (secondary N) is 1. The topological polar surface area (TPSA) is 74.0 Å². The molecule has 1 aromatic carbocycles. The lowest BCUT2D eigenvalue weighted by atomic mass is 10.2. The number of ether oxygens (including phenoxy) is 1. The number of amides is 1. The maximum Gasteiger partial charge on any atom is 0.242 e. The van der Waals surface area contributed by atoms with Crippen molar-refractivity contribution in [1.82, 2.24) is 24.9 Å². The highest BCUT2D eigenvalue weighted by Crippen LogP contribution is 2.17. The third-order valence-electron chi connectivity index (χ3n) is 3.71. The molecule has 0 atom stereocenters. The highest BCUT2D eigenvalue weighted by Gasteiger charge is 2.12. The average Bonchev–Trinajstić information content (AvgIpc) is 3.07. The van der Waals surface area contributed by atoms with Crippen molar-refractivity contribution in [2.24, 2.45) is 7.05 Å². The number of hydrogen-bond donors (Lipinski definition) is 1. The van der Waals surface area contributed by atoms with Crippen LogP contribution in [0.1, 0.15) is 11.3 Å². The number of carbonyl (C=O) groups excluding carboxylic acids is 1. The van der Waals surface area contributed by atoms with Crippen LogP contribution >= 0.6 is 0 Å². The summed E-state index contributed by atoms with van der Waals surface area (Å²) >= 11 is 0. The zero-order valence-electron chi connectivity index (χ0n) is 13.4. The van der Waals surface area contributed by atoms with Crippen LogP contribution in [0.4, 0.5) is 0 Å². The van der Waals surface area contributed by atoms with Gasteiger partial charge in [0.2, 0.25) is 5.91 Å². The molecule has 0 unspecified atom stereocenters. The molecular weight excluding hydrogens is 294 g/mol. The fraction of sp³-hybridized carbons (Fsp3) is 0.312. The summed E-state index contributed by atoms with van der Waals surface area (Å²) in [6, 6.07) is 7.61. The molecule has 0 spiro atoms. The highest BCUT2D eigenvalue weighted by molar-refractivity contribution is 5.79. The van der Waals surface area contributed by atoms with Gasteiger partial charge >= 0.3 is 0 Å². The average molecular weight is 313 g/mol. The van der Waals surface area contributed by atoms with Crippen molar-refractivity contribution in [2.45, 2.75) is 20.0 Å². The second-order valence-corrected chi connectivity index (χ2v) is 5.36. The van der Waals surface area contributed by atoms with Crippen molar-refractivity contribution in [3.63, 3.8) is 0 Å². The number of hydrogen-bond acceptors (Lipinski definition) is 4. The number of rotatable bonds is 5. The van der Waals surface area contributed by atoms with Crippen molar-refractivity contribution < 1.29 is 9.53 Å². The van der Waals surface area contributed by atoms with Crippen molar-refractivity contribution in [3.8, 4) is 5.75 Å². The molecule has 0 fully saturated rings. The van der Waals surface area contributed by atoms with Gasteiger partial charge in [-0.05, 0) is 13.0 Å². The van der Waals surface area contributed by atoms with E-state index in [0.717, 1.165) is 28.0 Å². The van der Waals surface area contributed by atoms with Gasteiger partial charge in [-0.25, -0.2) is 0 Å². The predicted octanol–water partition coefficient (Wildman–Crippen LogP) is 1.40. The van der Waals surface area contributed by atoms with Gasteiger partial charge in [-0.2, -0.15) is 10.2 Å². The highest BCUT2D eigenvalue weighted by atomic mass is 16.5. The number of methoxy groups -OCH3 is 1. The second kappa shape index (κ2) is 6.12. The molecule has 3 rings (SSSR count). The quantitative estimate of drug-likeness (QED) is 0.773. The summed E-state index contributed by atoms with van der Waals surface area (Å²) in [5, 5.41) is 11.6. The standard InChI is InChI=1S/C16H19N5O2/c1-11-16-13(20(2)18-11)9-21(19-16)10-15(22)17-8-12-6-4-5-7-14(12)23-3/h4-7,9H,8,10H2,1-3H3,(H,17,22). The molecule has 0 aliphatic rings. The first-order valence-electron chi connectivity index (χ1n) is 7.34. The molecule has 0 aliphatic carbocycles. The minimum Gasteiger partial charge on any atom is -0.496 e. The van der Waals surface area contributed by atoms with Gasteiger partial charge in [0, 0.05) is 19.2 Å². The number of benzene rings is 1. The number of carbonyl (C=O) groups is 1. The Bertz CT molecular complexity index is 815. The van der Waals surface area contributed by atoms with Crippen LogP contribution in [-0.2, 0) is 24.9 Å². The molecule has 7 nitrogen and oxygen atoms in total. The Balaban J connectivity index is 1.65. The second-order valence-electron chi connectivity index (χ2n) is 5.36. The SMILES string of the molecule is COc1ccccc1CNC(=O)Cn1cc2c(n1)c(C)nn2C. The first-order chi connectivity index (χ1) is 11.1. The van der Waals surface area contributed by atoms with E-state index < -0.39 is 0 Å². The van der Waals surface area contributed by atoms with Crippen LogP contribution in [0.2, 0.25) is 0 Å². The van der Waals surface area contributed by atoms with Crippen LogP contribution in [-0.4, -0.2) is 32.6 Å². The molecule has 1 N–H and O–H groups in total. The van der Waals surface area contributed by atoms with Gasteiger partial charge in [-0.1, -0.05) is 18.2 Å². The fourth-order valence-corrected chi connectivity index (χ4v) is 2.56. The predicted molar refractivity (Wildman–Crippen MR) is 86.1 cm³/mol. The summed E-state index contributed by atoms with van der Waals surface area (Å²) < 4.78 is 8.67. The van der Waals surface area contributed by atoms with Crippen molar-refractivity contribution in [1.29, 1.82) is 0 Å². The molecule has 3 aromatic rings. The fourth-order valence-electron chi connectivity index (χ4n) is 2.56. The zero-order valence-corrected chi connectivity index (χ0v) is 13.4. The normalized spacial score (nSPS) is 10.9. The smallest absolute Gasteiger partial charge is 0.242 e. The Morgan fingerprint density at radius 3 is 2.83 bits per heavy atom. The van der Waals surface area contributed by atoms with Gasteiger partial charge in [0.05, 0.1) is 19.0 Å². The van der Waals surface area contributed by atoms with Crippen LogP contribution in [0.3, 0.4) is 0 Å². The van der Waals surface area contributed by atoms with Crippen LogP contribution in [0.25, 0.3) is 11.0 Å². The molecule has 0 saturated heterocycles. The van der Waals surface area contributed by atoms with E-state index in [1.807, 2.05) is 44.4 Å². The van der Waals surface area contributed by atoms with E-state index in [-0.39, 0.29) is 12.5 Å². The maximum atomic E-state index is 12.1. The molecule has 0 saturated carbocycles. The van der Waals surface area contributed by atoms with Crippen LogP contribution < -0.4 is 10.1 Å². The van der Waals surface area contributed by atoms with Gasteiger partial charge in [-0.15, -0.1) is 0 Å². The monoisotopic (exact) mass is 313 g/mol. The van der Waals surface area contributed by atoms with Crippen LogP contribution in [0.15, 0.2) is 30.5 Å². The molecule has 120 valence electrons. The summed E-state index contributed by atoms with van der Waals surface area (Å²) in [5.74, 6) is 0.661. The lowest BCUT2D eigenvalue weighted by Gasteiger charge is -2.09. The van der Waals surface area contributed by atoms with Gasteiger partial charge < -0.3 is 10.1 Å². The van der Waals surface area contributed by atoms with E-state index in [0.29, 0.717) is 6.54 Å². The van der Waals surface area contributed by atoms with Gasteiger partial charge in [0.15, 0.2) is 0 Å². The summed E-state index contributed by atoms with van der Waals surface area (Å²) in [4.78, 5) is 12.1. The molecule has 2 heterocycles. The van der Waals surface area contributed by atoms with Crippen molar-refractivity contribution >= 4 is 16.9 Å². The molecule has 0 radical (unpaired) electrons. The lowest BCUT2D eigenvalue weighted by Crippen LogP contribution is -2.27. The molecule has 7 heteroatoms. The first-order valence-corrected chi connectivity index (χ1v) is 7.34. The van der Waals surface area contributed by atoms with E-state index in [9.17, 15) is 4.79 Å². The maximum absolute atomic E-state index is 12.1. The van der Waals surface area contributed by atoms with Crippen LogP contribution in [0.5, 0.6) is 5.75 Å². The number of nitrogens with zero attached hydrogens (tertiary/aromatic N) is 4. The zero-order chi connectivity index (χ0) is 16.4. The largest absolute Gasteiger partial charge is 0.496 e. The number of aryl methyl sites for hydroxylation is 2. The number of aromatic nitrogens is 4. The van der Waals surface area contributed by atoms with E-state index in [1.54, 1.807) is 16.5 Å². The van der Waals surface area contributed by atoms with Gasteiger partial charge in [-0.3, -0.25) is 14.2 Å². The third-order valence-corrected chi connectivity index (χ3v) is 3.71. The lowest BCUT2D eigenvalue weighted by molar-refractivity contribution is -0.122. The summed E-state index contributed by atoms with van der Waals surface area (Å²) in [6.45, 7) is 2.49. The van der Waals surface area contributed by atoms with Gasteiger partial charge in [0.25, 0.3) is 0 Å². The van der Waals surface area contributed by atoms with E-state index in [4.69, 9.17) is 4.74 Å². The van der Waals surface area contributed by atoms with E-state index >= 15 is 0 Å². The summed E-state index contributed by atoms with van der Waals surface area (Å²) in [7, 11) is 3.48. The molecule has 23 heavy (non-hydrogen) atoms. The van der Waals surface area contributed by atoms with E-state index in [2.05, 4.69) is 15.5 Å². The molecule has 1 amide bonds. The van der Waals surface area contributed by atoms with Gasteiger partial charge in [0.1, 0.15) is 23.3 Å². The number of para-hydroxylation sites is 1. The minimum atomic E-state index is -0.102. The molecular formula is C16H19N5O2. The van der Waals surface area contributed by atoms with Crippen molar-refractivity contribution in [2.75, 3.05) is 7.11 Å². The van der Waals surface area contributed by atoms with E-state index in [1.165, 1.54) is 0 Å². The van der Waals surface area contributed by atoms with Crippen molar-refractivity contribution in [3.05, 3.63) is 41.7 Å². The summed E-state index contributed by atoms with van der Waals surface area (Å²) in [5.41, 5.74) is 3.54. The Hall–Kier alpha value is -2.83. The minimum absolute atomic E-state index is 0.102. The Morgan fingerprint density at radius 2 is 2.09 bits per heavy atom. The number of fused-ring (bicyclic) bond motifs is 1. The molecule has 0 aliphatic heterocycles. The molecule has 2 aromatic heterocycles.